The lowest BCUT2D eigenvalue weighted by Crippen LogP contribution is -2.15. The zero-order valence-corrected chi connectivity index (χ0v) is 21.3. The number of allylic oxidation sites excluding steroid dienone is 1. The lowest BCUT2D eigenvalue weighted by molar-refractivity contribution is 0.289. The van der Waals surface area contributed by atoms with Gasteiger partial charge in [-0.2, -0.15) is 4.39 Å². The lowest BCUT2D eigenvalue weighted by atomic mass is 9.77. The van der Waals surface area contributed by atoms with Crippen LogP contribution in [0.2, 0.25) is 0 Å². The summed E-state index contributed by atoms with van der Waals surface area (Å²) in [6, 6.07) is 12.6. The SMILES string of the molecule is C=CCCC1CCC(c2ccc(-c3ccc(-c4ccc(OCCCC)c(F)c4F)cc3)c(F)c2F)CC1. The number of rotatable bonds is 10. The van der Waals surface area contributed by atoms with Crippen molar-refractivity contribution in [3.05, 3.63) is 90.0 Å². The van der Waals surface area contributed by atoms with Gasteiger partial charge >= 0.3 is 0 Å². The molecule has 5 heteroatoms. The molecule has 0 radical (unpaired) electrons. The Morgan fingerprint density at radius 3 is 1.97 bits per heavy atom. The summed E-state index contributed by atoms with van der Waals surface area (Å²) in [5.41, 5.74) is 1.58. The lowest BCUT2D eigenvalue weighted by Gasteiger charge is -2.29. The molecule has 1 fully saturated rings. The van der Waals surface area contributed by atoms with E-state index >= 15 is 8.78 Å². The van der Waals surface area contributed by atoms with Crippen LogP contribution in [0.15, 0.2) is 61.2 Å². The molecule has 1 aliphatic rings. The van der Waals surface area contributed by atoms with Crippen LogP contribution >= 0.6 is 0 Å². The van der Waals surface area contributed by atoms with Gasteiger partial charge in [0, 0.05) is 11.1 Å². The van der Waals surface area contributed by atoms with E-state index in [1.165, 1.54) is 12.1 Å². The fraction of sp³-hybridized carbons (Fsp3) is 0.375. The largest absolute Gasteiger partial charge is 0.490 e. The van der Waals surface area contributed by atoms with E-state index in [0.717, 1.165) is 51.4 Å². The predicted molar refractivity (Wildman–Crippen MR) is 142 cm³/mol. The Kier molecular flexibility index (Phi) is 9.07. The molecule has 37 heavy (non-hydrogen) atoms. The first-order valence-corrected chi connectivity index (χ1v) is 13.2. The fourth-order valence-corrected chi connectivity index (χ4v) is 5.24. The van der Waals surface area contributed by atoms with Crippen LogP contribution in [-0.2, 0) is 0 Å². The topological polar surface area (TPSA) is 9.23 Å². The molecule has 0 N–H and O–H groups in total. The molecule has 4 rings (SSSR count). The van der Waals surface area contributed by atoms with Crippen molar-refractivity contribution >= 4 is 0 Å². The molecule has 0 bridgehead atoms. The average Bonchev–Trinajstić information content (AvgIpc) is 2.92. The summed E-state index contributed by atoms with van der Waals surface area (Å²) in [6.45, 7) is 6.08. The van der Waals surface area contributed by atoms with Gasteiger partial charge in [-0.05, 0) is 85.6 Å². The van der Waals surface area contributed by atoms with Crippen molar-refractivity contribution in [1.29, 1.82) is 0 Å². The van der Waals surface area contributed by atoms with Gasteiger partial charge in [0.15, 0.2) is 23.2 Å². The molecular formula is C32H34F4O. The number of unbranched alkanes of at least 4 members (excludes halogenated alkanes) is 1. The van der Waals surface area contributed by atoms with Crippen molar-refractivity contribution in [1.82, 2.24) is 0 Å². The third-order valence-electron chi connectivity index (χ3n) is 7.49. The third kappa shape index (κ3) is 6.08. The Labute approximate surface area is 217 Å². The van der Waals surface area contributed by atoms with E-state index in [4.69, 9.17) is 4.74 Å². The number of ether oxygens (including phenoxy) is 1. The van der Waals surface area contributed by atoms with E-state index in [1.807, 2.05) is 13.0 Å². The van der Waals surface area contributed by atoms with Gasteiger partial charge in [0.1, 0.15) is 0 Å². The molecule has 0 aliphatic heterocycles. The van der Waals surface area contributed by atoms with Crippen molar-refractivity contribution in [2.24, 2.45) is 5.92 Å². The molecule has 0 amide bonds. The minimum Gasteiger partial charge on any atom is -0.490 e. The third-order valence-corrected chi connectivity index (χ3v) is 7.49. The maximum Gasteiger partial charge on any atom is 0.201 e. The first kappa shape index (κ1) is 27.0. The van der Waals surface area contributed by atoms with E-state index in [9.17, 15) is 8.78 Å². The van der Waals surface area contributed by atoms with Crippen LogP contribution in [0.1, 0.15) is 69.8 Å². The van der Waals surface area contributed by atoms with E-state index in [2.05, 4.69) is 6.58 Å². The second-order valence-electron chi connectivity index (χ2n) is 9.93. The minimum absolute atomic E-state index is 0.0257. The minimum atomic E-state index is -1.03. The molecule has 1 aliphatic carbocycles. The highest BCUT2D eigenvalue weighted by Crippen LogP contribution is 2.40. The number of halogens is 4. The van der Waals surface area contributed by atoms with Gasteiger partial charge in [-0.1, -0.05) is 55.8 Å². The number of hydrogen-bond donors (Lipinski definition) is 0. The highest BCUT2D eigenvalue weighted by molar-refractivity contribution is 5.72. The standard InChI is InChI=1S/C32H34F4O/c1-3-5-7-21-8-10-22(11-9-21)25-16-17-26(30(34)29(25)33)23-12-14-24(15-13-23)27-18-19-28(32(36)31(27)35)37-20-6-4-2/h3,12-19,21-22H,1,4-11,20H2,2H3. The van der Waals surface area contributed by atoms with Gasteiger partial charge in [0.2, 0.25) is 5.82 Å². The molecule has 0 heterocycles. The highest BCUT2D eigenvalue weighted by Gasteiger charge is 2.26. The van der Waals surface area contributed by atoms with Crippen LogP contribution in [-0.4, -0.2) is 6.61 Å². The van der Waals surface area contributed by atoms with Gasteiger partial charge in [-0.15, -0.1) is 6.58 Å². The van der Waals surface area contributed by atoms with Crippen molar-refractivity contribution in [2.75, 3.05) is 6.61 Å². The monoisotopic (exact) mass is 510 g/mol. The Morgan fingerprint density at radius 1 is 0.784 bits per heavy atom. The van der Waals surface area contributed by atoms with Crippen molar-refractivity contribution in [2.45, 2.75) is 64.2 Å². The van der Waals surface area contributed by atoms with Crippen molar-refractivity contribution in [3.63, 3.8) is 0 Å². The number of benzene rings is 3. The normalized spacial score (nSPS) is 17.5. The van der Waals surface area contributed by atoms with Gasteiger partial charge < -0.3 is 4.74 Å². The van der Waals surface area contributed by atoms with Crippen LogP contribution in [0.25, 0.3) is 22.3 Å². The number of hydrogen-bond acceptors (Lipinski definition) is 1. The predicted octanol–water partition coefficient (Wildman–Crippen LogP) is 10.00. The summed E-state index contributed by atoms with van der Waals surface area (Å²) in [6.07, 6.45) is 9.42. The van der Waals surface area contributed by atoms with Gasteiger partial charge in [0.25, 0.3) is 0 Å². The fourth-order valence-electron chi connectivity index (χ4n) is 5.24. The van der Waals surface area contributed by atoms with Crippen LogP contribution in [0.3, 0.4) is 0 Å². The van der Waals surface area contributed by atoms with E-state index in [1.54, 1.807) is 36.4 Å². The summed E-state index contributed by atoms with van der Waals surface area (Å²) >= 11 is 0. The molecular weight excluding hydrogens is 476 g/mol. The van der Waals surface area contributed by atoms with Crippen LogP contribution < -0.4 is 4.74 Å². The molecule has 0 aromatic heterocycles. The summed E-state index contributed by atoms with van der Waals surface area (Å²) in [5, 5.41) is 0. The van der Waals surface area contributed by atoms with E-state index in [-0.39, 0.29) is 22.8 Å². The van der Waals surface area contributed by atoms with Gasteiger partial charge in [-0.3, -0.25) is 0 Å². The molecule has 1 saturated carbocycles. The molecule has 0 spiro atoms. The molecule has 3 aromatic carbocycles. The maximum atomic E-state index is 15.1. The zero-order valence-electron chi connectivity index (χ0n) is 21.3. The van der Waals surface area contributed by atoms with E-state index < -0.39 is 23.3 Å². The van der Waals surface area contributed by atoms with Gasteiger partial charge in [-0.25, -0.2) is 13.2 Å². The maximum absolute atomic E-state index is 15.1. The summed E-state index contributed by atoms with van der Waals surface area (Å²) in [4.78, 5) is 0. The molecule has 0 unspecified atom stereocenters. The average molecular weight is 511 g/mol. The summed E-state index contributed by atoms with van der Waals surface area (Å²) < 4.78 is 64.8. The summed E-state index contributed by atoms with van der Waals surface area (Å²) in [5.74, 6) is -3.15. The first-order valence-electron chi connectivity index (χ1n) is 13.2. The first-order chi connectivity index (χ1) is 17.9. The Morgan fingerprint density at radius 2 is 1.38 bits per heavy atom. The molecule has 1 nitrogen and oxygen atoms in total. The molecule has 0 saturated heterocycles. The Bertz CT molecular complexity index is 1210. The molecule has 196 valence electrons. The summed E-state index contributed by atoms with van der Waals surface area (Å²) in [7, 11) is 0. The van der Waals surface area contributed by atoms with Crippen molar-refractivity contribution < 1.29 is 22.3 Å². The Balaban J connectivity index is 1.50. The van der Waals surface area contributed by atoms with E-state index in [0.29, 0.717) is 29.2 Å². The quantitative estimate of drug-likeness (QED) is 0.150. The van der Waals surface area contributed by atoms with Crippen LogP contribution in [0.5, 0.6) is 5.75 Å². The Hall–Kier alpha value is -3.08. The van der Waals surface area contributed by atoms with Gasteiger partial charge in [0.05, 0.1) is 6.61 Å². The zero-order chi connectivity index (χ0) is 26.4. The molecule has 3 aromatic rings. The highest BCUT2D eigenvalue weighted by atomic mass is 19.2. The molecule has 0 atom stereocenters. The van der Waals surface area contributed by atoms with Crippen LogP contribution in [0.4, 0.5) is 17.6 Å². The van der Waals surface area contributed by atoms with Crippen molar-refractivity contribution in [3.8, 4) is 28.0 Å². The second kappa shape index (κ2) is 12.4. The smallest absolute Gasteiger partial charge is 0.201 e. The second-order valence-corrected chi connectivity index (χ2v) is 9.93. The van der Waals surface area contributed by atoms with Crippen LogP contribution in [0, 0.1) is 29.2 Å².